The lowest BCUT2D eigenvalue weighted by atomic mass is 9.95. The molecule has 1 unspecified atom stereocenters. The Kier molecular flexibility index (Phi) is 5.12. The molecule has 6 nitrogen and oxygen atoms in total. The molecule has 21 heavy (non-hydrogen) atoms. The average molecular weight is 292 g/mol. The highest BCUT2D eigenvalue weighted by Gasteiger charge is 2.26. The van der Waals surface area contributed by atoms with E-state index in [0.29, 0.717) is 29.7 Å². The summed E-state index contributed by atoms with van der Waals surface area (Å²) < 4.78 is 0. The van der Waals surface area contributed by atoms with Gasteiger partial charge in [0.1, 0.15) is 5.82 Å². The van der Waals surface area contributed by atoms with Crippen LogP contribution < -0.4 is 5.73 Å². The summed E-state index contributed by atoms with van der Waals surface area (Å²) in [5.74, 6) is 1.02. The number of hydrogen-bond donors (Lipinski definition) is 2. The van der Waals surface area contributed by atoms with Crippen molar-refractivity contribution in [2.24, 2.45) is 5.92 Å². The zero-order chi connectivity index (χ0) is 15.4. The van der Waals surface area contributed by atoms with E-state index in [9.17, 15) is 4.79 Å². The lowest BCUT2D eigenvalue weighted by Gasteiger charge is -2.32. The Morgan fingerprint density at radius 2 is 2.33 bits per heavy atom. The van der Waals surface area contributed by atoms with Crippen molar-refractivity contribution in [1.82, 2.24) is 14.9 Å². The van der Waals surface area contributed by atoms with Gasteiger partial charge in [0.25, 0.3) is 5.91 Å². The van der Waals surface area contributed by atoms with Crippen LogP contribution in [0.5, 0.6) is 0 Å². The number of carbonyl (C=O) groups is 1. The first kappa shape index (κ1) is 15.7. The first-order valence-electron chi connectivity index (χ1n) is 7.55. The Hall–Kier alpha value is -1.69. The Labute approximate surface area is 125 Å². The monoisotopic (exact) mass is 292 g/mol. The normalized spacial score (nSPS) is 19.0. The van der Waals surface area contributed by atoms with Crippen molar-refractivity contribution >= 4 is 11.6 Å². The minimum atomic E-state index is -0.126. The first-order chi connectivity index (χ1) is 10.0. The highest BCUT2D eigenvalue weighted by atomic mass is 16.3. The molecule has 2 rings (SSSR count). The van der Waals surface area contributed by atoms with Crippen molar-refractivity contribution in [3.8, 4) is 0 Å². The fourth-order valence-electron chi connectivity index (χ4n) is 2.67. The second-order valence-electron chi connectivity index (χ2n) is 5.96. The molecule has 0 aliphatic carbocycles. The minimum Gasteiger partial charge on any atom is -0.396 e. The molecule has 1 aromatic rings. The van der Waals surface area contributed by atoms with E-state index in [1.807, 2.05) is 13.8 Å². The number of likely N-dealkylation sites (tertiary alicyclic amines) is 1. The van der Waals surface area contributed by atoms with Crippen LogP contribution in [-0.2, 0) is 0 Å². The Morgan fingerprint density at radius 3 is 3.00 bits per heavy atom. The number of aliphatic hydroxyl groups excluding tert-OH is 1. The zero-order valence-corrected chi connectivity index (χ0v) is 12.7. The van der Waals surface area contributed by atoms with Crippen molar-refractivity contribution in [2.75, 3.05) is 25.4 Å². The molecule has 116 valence electrons. The third-order valence-corrected chi connectivity index (χ3v) is 3.90. The highest BCUT2D eigenvalue weighted by Crippen LogP contribution is 2.22. The summed E-state index contributed by atoms with van der Waals surface area (Å²) in [4.78, 5) is 22.9. The molecule has 1 fully saturated rings. The number of piperidine rings is 1. The number of carbonyl (C=O) groups excluding carboxylic acids is 1. The molecule has 1 aliphatic rings. The molecular weight excluding hydrogens is 268 g/mol. The smallest absolute Gasteiger partial charge is 0.274 e. The third-order valence-electron chi connectivity index (χ3n) is 3.90. The van der Waals surface area contributed by atoms with E-state index in [4.69, 9.17) is 10.8 Å². The summed E-state index contributed by atoms with van der Waals surface area (Å²) in [5, 5.41) is 9.06. The van der Waals surface area contributed by atoms with E-state index in [1.165, 1.54) is 6.20 Å². The number of nitrogen functional groups attached to an aromatic ring is 1. The number of aliphatic hydroxyl groups is 1. The van der Waals surface area contributed by atoms with Gasteiger partial charge in [0.2, 0.25) is 0 Å². The van der Waals surface area contributed by atoms with Gasteiger partial charge in [0.15, 0.2) is 5.69 Å². The van der Waals surface area contributed by atoms with Crippen LogP contribution in [0.2, 0.25) is 0 Å². The number of nitrogens with zero attached hydrogens (tertiary/aromatic N) is 3. The fourth-order valence-corrected chi connectivity index (χ4v) is 2.67. The second-order valence-corrected chi connectivity index (χ2v) is 5.96. The highest BCUT2D eigenvalue weighted by molar-refractivity contribution is 5.97. The van der Waals surface area contributed by atoms with Gasteiger partial charge in [-0.2, -0.15) is 0 Å². The number of hydrogen-bond acceptors (Lipinski definition) is 5. The van der Waals surface area contributed by atoms with Crippen LogP contribution in [0, 0.1) is 5.92 Å². The van der Waals surface area contributed by atoms with Gasteiger partial charge in [-0.3, -0.25) is 4.79 Å². The van der Waals surface area contributed by atoms with E-state index in [2.05, 4.69) is 9.97 Å². The van der Waals surface area contributed by atoms with Crippen LogP contribution in [-0.4, -0.2) is 45.6 Å². The van der Waals surface area contributed by atoms with Crippen molar-refractivity contribution in [3.63, 3.8) is 0 Å². The van der Waals surface area contributed by atoms with Crippen molar-refractivity contribution in [1.29, 1.82) is 0 Å². The predicted octanol–water partition coefficient (Wildman–Crippen LogP) is 1.42. The lowest BCUT2D eigenvalue weighted by molar-refractivity contribution is 0.0648. The summed E-state index contributed by atoms with van der Waals surface area (Å²) in [5.41, 5.74) is 6.51. The minimum absolute atomic E-state index is 0.126. The van der Waals surface area contributed by atoms with Crippen LogP contribution in [0.1, 0.15) is 55.3 Å². The predicted molar refractivity (Wildman–Crippen MR) is 80.9 cm³/mol. The summed E-state index contributed by atoms with van der Waals surface area (Å²) >= 11 is 0. The topological polar surface area (TPSA) is 92.3 Å². The van der Waals surface area contributed by atoms with E-state index >= 15 is 0 Å². The molecule has 2 heterocycles. The quantitative estimate of drug-likeness (QED) is 0.875. The second kappa shape index (κ2) is 6.85. The maximum atomic E-state index is 12.6. The van der Waals surface area contributed by atoms with Crippen molar-refractivity contribution < 1.29 is 9.90 Å². The van der Waals surface area contributed by atoms with Crippen LogP contribution in [0.4, 0.5) is 5.69 Å². The molecule has 1 saturated heterocycles. The SMILES string of the molecule is CC(C)c1ncc(N)c(C(=O)N2CCCC(CCO)C2)n1. The number of nitrogens with two attached hydrogens (primary N) is 1. The maximum Gasteiger partial charge on any atom is 0.274 e. The summed E-state index contributed by atoms with van der Waals surface area (Å²) in [6.07, 6.45) is 4.27. The van der Waals surface area contributed by atoms with Gasteiger partial charge in [0.05, 0.1) is 11.9 Å². The largest absolute Gasteiger partial charge is 0.396 e. The standard InChI is InChI=1S/C15H24N4O2/c1-10(2)14-17-8-12(16)13(18-14)15(21)19-6-3-4-11(9-19)5-7-20/h8,10-11,20H,3-7,9,16H2,1-2H3. The van der Waals surface area contributed by atoms with E-state index in [-0.39, 0.29) is 18.4 Å². The molecule has 0 radical (unpaired) electrons. The Balaban J connectivity index is 2.17. The van der Waals surface area contributed by atoms with Gasteiger partial charge >= 0.3 is 0 Å². The van der Waals surface area contributed by atoms with Gasteiger partial charge in [0, 0.05) is 25.6 Å². The molecular formula is C15H24N4O2. The summed E-state index contributed by atoms with van der Waals surface area (Å²) in [6, 6.07) is 0. The van der Waals surface area contributed by atoms with Crippen LogP contribution in [0.3, 0.4) is 0 Å². The Bertz CT molecular complexity index is 502. The number of rotatable bonds is 4. The number of amides is 1. The molecule has 1 amide bonds. The molecule has 0 aromatic carbocycles. The lowest BCUT2D eigenvalue weighted by Crippen LogP contribution is -2.41. The average Bonchev–Trinajstić information content (AvgIpc) is 2.47. The van der Waals surface area contributed by atoms with Crippen LogP contribution >= 0.6 is 0 Å². The van der Waals surface area contributed by atoms with E-state index in [1.54, 1.807) is 4.90 Å². The maximum absolute atomic E-state index is 12.6. The van der Waals surface area contributed by atoms with Gasteiger partial charge < -0.3 is 15.7 Å². The first-order valence-corrected chi connectivity index (χ1v) is 7.55. The van der Waals surface area contributed by atoms with Gasteiger partial charge in [-0.15, -0.1) is 0 Å². The van der Waals surface area contributed by atoms with Gasteiger partial charge in [-0.05, 0) is 25.2 Å². The molecule has 6 heteroatoms. The summed E-state index contributed by atoms with van der Waals surface area (Å²) in [6.45, 7) is 5.52. The molecule has 0 bridgehead atoms. The van der Waals surface area contributed by atoms with Crippen molar-refractivity contribution in [2.45, 2.75) is 39.0 Å². The molecule has 1 aromatic heterocycles. The Morgan fingerprint density at radius 1 is 1.57 bits per heavy atom. The van der Waals surface area contributed by atoms with Crippen LogP contribution in [0.25, 0.3) is 0 Å². The van der Waals surface area contributed by atoms with Gasteiger partial charge in [-0.25, -0.2) is 9.97 Å². The zero-order valence-electron chi connectivity index (χ0n) is 12.7. The van der Waals surface area contributed by atoms with Crippen molar-refractivity contribution in [3.05, 3.63) is 17.7 Å². The van der Waals surface area contributed by atoms with Gasteiger partial charge in [-0.1, -0.05) is 13.8 Å². The molecule has 0 saturated carbocycles. The third kappa shape index (κ3) is 3.69. The molecule has 1 atom stereocenters. The van der Waals surface area contributed by atoms with E-state index < -0.39 is 0 Å². The molecule has 0 spiro atoms. The van der Waals surface area contributed by atoms with E-state index in [0.717, 1.165) is 25.8 Å². The van der Waals surface area contributed by atoms with Crippen LogP contribution in [0.15, 0.2) is 6.20 Å². The molecule has 3 N–H and O–H groups in total. The number of aromatic nitrogens is 2. The fraction of sp³-hybridized carbons (Fsp3) is 0.667. The number of anilines is 1. The summed E-state index contributed by atoms with van der Waals surface area (Å²) in [7, 11) is 0. The molecule has 1 aliphatic heterocycles.